The van der Waals surface area contributed by atoms with Gasteiger partial charge in [0, 0.05) is 17.8 Å². The van der Waals surface area contributed by atoms with Crippen molar-refractivity contribution in [2.45, 2.75) is 32.7 Å². The predicted octanol–water partition coefficient (Wildman–Crippen LogP) is 4.53. The molecular weight excluding hydrogens is 338 g/mol. The smallest absolute Gasteiger partial charge is 0.244 e. The van der Waals surface area contributed by atoms with Gasteiger partial charge in [0.15, 0.2) is 5.82 Å². The Morgan fingerprint density at radius 1 is 1.00 bits per heavy atom. The number of para-hydroxylation sites is 2. The molecule has 3 aromatic rings. The summed E-state index contributed by atoms with van der Waals surface area (Å²) in [5, 5.41) is 14.7. The average molecular weight is 363 g/mol. The molecule has 6 heteroatoms. The van der Waals surface area contributed by atoms with Crippen LogP contribution in [0.15, 0.2) is 54.7 Å². The van der Waals surface area contributed by atoms with Crippen molar-refractivity contribution in [2.75, 3.05) is 17.7 Å². The molecular formula is C21H25N5O. The zero-order valence-corrected chi connectivity index (χ0v) is 16.2. The molecule has 3 rings (SSSR count). The maximum Gasteiger partial charge on any atom is 0.244 e. The second-order valence-electron chi connectivity index (χ2n) is 7.25. The zero-order chi connectivity index (χ0) is 19.3. The minimum absolute atomic E-state index is 0.0228. The van der Waals surface area contributed by atoms with E-state index in [1.54, 1.807) is 13.3 Å². The summed E-state index contributed by atoms with van der Waals surface area (Å²) >= 11 is 0. The first kappa shape index (κ1) is 18.6. The number of nitrogens with zero attached hydrogens (tertiary/aromatic N) is 3. The molecule has 2 aromatic carbocycles. The van der Waals surface area contributed by atoms with Gasteiger partial charge in [-0.1, -0.05) is 57.2 Å². The molecule has 2 N–H and O–H groups in total. The second kappa shape index (κ2) is 8.03. The number of methoxy groups -OCH3 is 1. The molecule has 0 aliphatic carbocycles. The summed E-state index contributed by atoms with van der Waals surface area (Å²) in [6.45, 7) is 7.11. The molecule has 0 spiro atoms. The normalized spacial score (nSPS) is 11.1. The molecule has 0 fully saturated rings. The van der Waals surface area contributed by atoms with Crippen molar-refractivity contribution < 1.29 is 4.74 Å². The van der Waals surface area contributed by atoms with Gasteiger partial charge in [-0.15, -0.1) is 5.10 Å². The van der Waals surface area contributed by atoms with Gasteiger partial charge in [0.25, 0.3) is 0 Å². The second-order valence-corrected chi connectivity index (χ2v) is 7.25. The number of benzene rings is 2. The van der Waals surface area contributed by atoms with Crippen LogP contribution in [0.5, 0.6) is 5.75 Å². The fraction of sp³-hybridized carbons (Fsp3) is 0.286. The van der Waals surface area contributed by atoms with Crippen LogP contribution in [0.1, 0.15) is 31.9 Å². The minimum Gasteiger partial charge on any atom is -0.496 e. The van der Waals surface area contributed by atoms with Gasteiger partial charge in [-0.3, -0.25) is 0 Å². The number of ether oxygens (including phenoxy) is 1. The van der Waals surface area contributed by atoms with Crippen molar-refractivity contribution in [3.05, 3.63) is 65.9 Å². The molecule has 140 valence electrons. The number of rotatable bonds is 6. The summed E-state index contributed by atoms with van der Waals surface area (Å²) in [6, 6.07) is 16.1. The number of aromatic nitrogens is 3. The highest BCUT2D eigenvalue weighted by Crippen LogP contribution is 2.30. The Balaban J connectivity index is 1.75. The topological polar surface area (TPSA) is 72.0 Å². The highest BCUT2D eigenvalue weighted by molar-refractivity contribution is 5.62. The van der Waals surface area contributed by atoms with Crippen molar-refractivity contribution in [3.63, 3.8) is 0 Å². The SMILES string of the molecule is COc1ccccc1CNc1nncc(Nc2ccccc2C(C)(C)C)n1. The van der Waals surface area contributed by atoms with E-state index in [9.17, 15) is 0 Å². The van der Waals surface area contributed by atoms with Gasteiger partial charge >= 0.3 is 0 Å². The lowest BCUT2D eigenvalue weighted by Crippen LogP contribution is -2.14. The van der Waals surface area contributed by atoms with Gasteiger partial charge in [0.05, 0.1) is 13.3 Å². The van der Waals surface area contributed by atoms with Crippen LogP contribution in [-0.2, 0) is 12.0 Å². The van der Waals surface area contributed by atoms with Crippen LogP contribution in [0.4, 0.5) is 17.5 Å². The largest absolute Gasteiger partial charge is 0.496 e. The Labute approximate surface area is 160 Å². The van der Waals surface area contributed by atoms with Crippen LogP contribution in [0.25, 0.3) is 0 Å². The Kier molecular flexibility index (Phi) is 5.54. The van der Waals surface area contributed by atoms with Crippen molar-refractivity contribution >= 4 is 17.5 Å². The predicted molar refractivity (Wildman–Crippen MR) is 109 cm³/mol. The summed E-state index contributed by atoms with van der Waals surface area (Å²) in [5.74, 6) is 1.93. The van der Waals surface area contributed by atoms with Crippen LogP contribution in [0.3, 0.4) is 0 Å². The van der Waals surface area contributed by atoms with Gasteiger partial charge < -0.3 is 15.4 Å². The van der Waals surface area contributed by atoms with Crippen LogP contribution in [0, 0.1) is 0 Å². The number of hydrogen-bond donors (Lipinski definition) is 2. The number of anilines is 3. The van der Waals surface area contributed by atoms with E-state index in [4.69, 9.17) is 4.74 Å². The minimum atomic E-state index is 0.0228. The quantitative estimate of drug-likeness (QED) is 0.670. The molecule has 0 radical (unpaired) electrons. The van der Waals surface area contributed by atoms with Gasteiger partial charge in [-0.05, 0) is 23.1 Å². The molecule has 0 saturated heterocycles. The first-order valence-corrected chi connectivity index (χ1v) is 8.89. The first-order valence-electron chi connectivity index (χ1n) is 8.89. The summed E-state index contributed by atoms with van der Waals surface area (Å²) in [5.41, 5.74) is 3.28. The number of hydrogen-bond acceptors (Lipinski definition) is 6. The van der Waals surface area contributed by atoms with Crippen LogP contribution < -0.4 is 15.4 Å². The van der Waals surface area contributed by atoms with Crippen LogP contribution in [0.2, 0.25) is 0 Å². The number of nitrogens with one attached hydrogen (secondary N) is 2. The molecule has 0 aliphatic heterocycles. The third kappa shape index (κ3) is 4.73. The average Bonchev–Trinajstić information content (AvgIpc) is 2.66. The molecule has 0 saturated carbocycles. The van der Waals surface area contributed by atoms with Gasteiger partial charge in [0.1, 0.15) is 5.75 Å². The Hall–Kier alpha value is -3.15. The van der Waals surface area contributed by atoms with Crippen LogP contribution in [-0.4, -0.2) is 22.3 Å². The van der Waals surface area contributed by atoms with Crippen LogP contribution >= 0.6 is 0 Å². The highest BCUT2D eigenvalue weighted by Gasteiger charge is 2.17. The maximum absolute atomic E-state index is 5.37. The first-order chi connectivity index (χ1) is 13.0. The summed E-state index contributed by atoms with van der Waals surface area (Å²) < 4.78 is 5.37. The summed E-state index contributed by atoms with van der Waals surface area (Å²) in [6.07, 6.45) is 1.62. The molecule has 6 nitrogen and oxygen atoms in total. The Morgan fingerprint density at radius 3 is 2.52 bits per heavy atom. The Bertz CT molecular complexity index is 905. The molecule has 27 heavy (non-hydrogen) atoms. The van der Waals surface area contributed by atoms with Crippen molar-refractivity contribution in [2.24, 2.45) is 0 Å². The van der Waals surface area contributed by atoms with E-state index in [1.807, 2.05) is 42.5 Å². The summed E-state index contributed by atoms with van der Waals surface area (Å²) in [4.78, 5) is 4.53. The van der Waals surface area contributed by atoms with E-state index in [-0.39, 0.29) is 5.41 Å². The van der Waals surface area contributed by atoms with Crippen molar-refractivity contribution in [1.29, 1.82) is 0 Å². The van der Waals surface area contributed by atoms with Crippen molar-refractivity contribution in [1.82, 2.24) is 15.2 Å². The maximum atomic E-state index is 5.37. The van der Waals surface area contributed by atoms with E-state index in [0.29, 0.717) is 18.3 Å². The lowest BCUT2D eigenvalue weighted by Gasteiger charge is -2.23. The van der Waals surface area contributed by atoms with Gasteiger partial charge in [0.2, 0.25) is 5.95 Å². The summed E-state index contributed by atoms with van der Waals surface area (Å²) in [7, 11) is 1.66. The Morgan fingerprint density at radius 2 is 1.74 bits per heavy atom. The van der Waals surface area contributed by atoms with Crippen molar-refractivity contribution in [3.8, 4) is 5.75 Å². The molecule has 0 bridgehead atoms. The van der Waals surface area contributed by atoms with Gasteiger partial charge in [-0.25, -0.2) is 0 Å². The van der Waals surface area contributed by atoms with E-state index in [0.717, 1.165) is 17.0 Å². The van der Waals surface area contributed by atoms with E-state index in [2.05, 4.69) is 52.7 Å². The fourth-order valence-corrected chi connectivity index (χ4v) is 2.85. The molecule has 0 aliphatic rings. The van der Waals surface area contributed by atoms with E-state index in [1.165, 1.54) is 5.56 Å². The molecule has 0 amide bonds. The monoisotopic (exact) mass is 363 g/mol. The van der Waals surface area contributed by atoms with E-state index < -0.39 is 0 Å². The third-order valence-electron chi connectivity index (χ3n) is 4.19. The standard InChI is InChI=1S/C21H25N5O/c1-21(2,3)16-10-6-7-11-17(16)24-19-14-23-26-20(25-19)22-13-15-9-5-8-12-18(15)27-4/h5-12,14H,13H2,1-4H3,(H2,22,24,25,26). The molecule has 0 atom stereocenters. The van der Waals surface area contributed by atoms with E-state index >= 15 is 0 Å². The third-order valence-corrected chi connectivity index (χ3v) is 4.19. The highest BCUT2D eigenvalue weighted by atomic mass is 16.5. The molecule has 1 heterocycles. The van der Waals surface area contributed by atoms with Gasteiger partial charge in [-0.2, -0.15) is 10.1 Å². The fourth-order valence-electron chi connectivity index (χ4n) is 2.85. The molecule has 0 unspecified atom stereocenters. The lowest BCUT2D eigenvalue weighted by molar-refractivity contribution is 0.410. The zero-order valence-electron chi connectivity index (χ0n) is 16.2. The molecule has 1 aromatic heterocycles. The lowest BCUT2D eigenvalue weighted by atomic mass is 9.86.